The van der Waals surface area contributed by atoms with E-state index in [1.54, 1.807) is 0 Å². The molecule has 0 N–H and O–H groups in total. The molecule has 0 aromatic carbocycles. The Bertz CT molecular complexity index is 685. The van der Waals surface area contributed by atoms with Gasteiger partial charge in [-0.3, -0.25) is 9.59 Å². The molecule has 12 atom stereocenters. The van der Waals surface area contributed by atoms with Crippen LogP contribution in [0.5, 0.6) is 0 Å². The minimum Gasteiger partial charge on any atom is -0.465 e. The van der Waals surface area contributed by atoms with E-state index in [1.165, 1.54) is 0 Å². The van der Waals surface area contributed by atoms with E-state index in [9.17, 15) is 9.59 Å². The normalized spacial score (nSPS) is 57.1. The largest absolute Gasteiger partial charge is 0.465 e. The molecule has 0 spiro atoms. The maximum absolute atomic E-state index is 12.1. The summed E-state index contributed by atoms with van der Waals surface area (Å²) in [6.07, 6.45) is 3.20. The second-order valence-electron chi connectivity index (χ2n) is 9.54. The lowest BCUT2D eigenvalue weighted by molar-refractivity contribution is -0.144. The predicted molar refractivity (Wildman–Crippen MR) is 102 cm³/mol. The maximum atomic E-state index is 12.1. The van der Waals surface area contributed by atoms with Crippen LogP contribution < -0.4 is 0 Å². The number of hydrogen-bond donors (Lipinski definition) is 2. The molecule has 27 heavy (non-hydrogen) atoms. The first kappa shape index (κ1) is 17.5. The lowest BCUT2D eigenvalue weighted by Crippen LogP contribution is -2.42. The van der Waals surface area contributed by atoms with Gasteiger partial charge in [-0.2, -0.15) is 25.3 Å². The average Bonchev–Trinajstić information content (AvgIpc) is 3.43. The molecule has 2 aliphatic heterocycles. The van der Waals surface area contributed by atoms with Crippen molar-refractivity contribution in [2.45, 2.75) is 35.9 Å². The Morgan fingerprint density at radius 1 is 0.815 bits per heavy atom. The molecular formula is C20H26O5S2. The van der Waals surface area contributed by atoms with Crippen LogP contribution in [0.1, 0.15) is 19.3 Å². The van der Waals surface area contributed by atoms with Crippen molar-refractivity contribution in [3.63, 3.8) is 0 Å². The zero-order valence-electron chi connectivity index (χ0n) is 15.1. The van der Waals surface area contributed by atoms with Crippen molar-refractivity contribution >= 4 is 37.2 Å². The van der Waals surface area contributed by atoms with Gasteiger partial charge in [0.2, 0.25) is 0 Å². The van der Waals surface area contributed by atoms with E-state index in [2.05, 4.69) is 0 Å². The molecule has 6 fully saturated rings. The zero-order valence-corrected chi connectivity index (χ0v) is 16.9. The third-order valence-electron chi connectivity index (χ3n) is 8.80. The monoisotopic (exact) mass is 410 g/mol. The third kappa shape index (κ3) is 2.25. The number of hydrogen-bond acceptors (Lipinski definition) is 7. The highest BCUT2D eigenvalue weighted by Gasteiger charge is 2.64. The Balaban J connectivity index is 1.09. The number of cyclic esters (lactones) is 2. The van der Waals surface area contributed by atoms with Crippen LogP contribution in [0.3, 0.4) is 0 Å². The van der Waals surface area contributed by atoms with E-state index in [1.807, 2.05) is 0 Å². The van der Waals surface area contributed by atoms with Gasteiger partial charge in [0.05, 0.1) is 31.2 Å². The summed E-state index contributed by atoms with van der Waals surface area (Å²) in [7, 11) is 0. The van der Waals surface area contributed by atoms with E-state index in [-0.39, 0.29) is 46.3 Å². The summed E-state index contributed by atoms with van der Waals surface area (Å²) in [6.45, 7) is 1.86. The quantitative estimate of drug-likeness (QED) is 0.547. The van der Waals surface area contributed by atoms with Crippen LogP contribution in [-0.4, -0.2) is 48.4 Å². The summed E-state index contributed by atoms with van der Waals surface area (Å²) in [6, 6.07) is 0. The standard InChI is InChI=1S/C20H26O5S2/c21-19-14-10-4-9(13(14)6-25-19)18(27)16(10)23-2-1-7-8-3-11(17(7)26)15-12(8)5-24-20(15)22/h7-18,26-27H,1-6H2. The van der Waals surface area contributed by atoms with E-state index >= 15 is 0 Å². The molecular weight excluding hydrogens is 384 g/mol. The Morgan fingerprint density at radius 2 is 1.44 bits per heavy atom. The fourth-order valence-corrected chi connectivity index (χ4v) is 9.06. The second kappa shape index (κ2) is 6.05. The minimum atomic E-state index is -0.0261. The van der Waals surface area contributed by atoms with Crippen LogP contribution >= 0.6 is 25.3 Å². The highest BCUT2D eigenvalue weighted by molar-refractivity contribution is 7.81. The van der Waals surface area contributed by atoms with Crippen molar-refractivity contribution in [2.24, 2.45) is 53.3 Å². The zero-order chi connectivity index (χ0) is 18.4. The number of carbonyl (C=O) groups is 2. The van der Waals surface area contributed by atoms with Crippen molar-refractivity contribution < 1.29 is 23.8 Å². The average molecular weight is 411 g/mol. The Kier molecular flexibility index (Phi) is 3.91. The predicted octanol–water partition coefficient (Wildman–Crippen LogP) is 1.85. The Labute approximate surface area is 170 Å². The number of carbonyl (C=O) groups excluding carboxylic acids is 2. The highest BCUT2D eigenvalue weighted by Crippen LogP contribution is 2.61. The fraction of sp³-hybridized carbons (Fsp3) is 0.900. The smallest absolute Gasteiger partial charge is 0.309 e. The summed E-state index contributed by atoms with van der Waals surface area (Å²) in [5, 5.41) is 0.481. The van der Waals surface area contributed by atoms with Gasteiger partial charge in [0.1, 0.15) is 0 Å². The molecule has 12 unspecified atom stereocenters. The Hall–Kier alpha value is -0.400. The molecule has 6 rings (SSSR count). The topological polar surface area (TPSA) is 61.8 Å². The summed E-state index contributed by atoms with van der Waals surface area (Å²) in [5.74, 6) is 2.97. The molecule has 148 valence electrons. The third-order valence-corrected chi connectivity index (χ3v) is 10.2. The summed E-state index contributed by atoms with van der Waals surface area (Å²) in [4.78, 5) is 24.1. The van der Waals surface area contributed by atoms with Crippen molar-refractivity contribution in [1.82, 2.24) is 0 Å². The second-order valence-corrected chi connectivity index (χ2v) is 10.7. The maximum Gasteiger partial charge on any atom is 0.309 e. The van der Waals surface area contributed by atoms with Crippen LogP contribution in [0.15, 0.2) is 0 Å². The van der Waals surface area contributed by atoms with Crippen LogP contribution in [-0.2, 0) is 23.8 Å². The molecule has 5 nitrogen and oxygen atoms in total. The van der Waals surface area contributed by atoms with E-state index in [0.717, 1.165) is 19.3 Å². The van der Waals surface area contributed by atoms with Gasteiger partial charge in [-0.1, -0.05) is 0 Å². The molecule has 0 radical (unpaired) electrons. The fourth-order valence-electron chi connectivity index (χ4n) is 7.73. The number of esters is 2. The molecule has 0 amide bonds. The van der Waals surface area contributed by atoms with E-state index in [4.69, 9.17) is 39.5 Å². The molecule has 7 heteroatoms. The van der Waals surface area contributed by atoms with Crippen molar-refractivity contribution in [3.05, 3.63) is 0 Å². The Morgan fingerprint density at radius 3 is 2.19 bits per heavy atom. The first-order valence-corrected chi connectivity index (χ1v) is 11.4. The van der Waals surface area contributed by atoms with Crippen molar-refractivity contribution in [3.8, 4) is 0 Å². The molecule has 0 aromatic heterocycles. The first-order valence-electron chi connectivity index (χ1n) is 10.4. The van der Waals surface area contributed by atoms with E-state index < -0.39 is 0 Å². The number of fused-ring (bicyclic) bond motifs is 10. The number of ether oxygens (including phenoxy) is 3. The molecule has 0 aromatic rings. The van der Waals surface area contributed by atoms with Gasteiger partial charge in [-0.15, -0.1) is 0 Å². The molecule has 2 heterocycles. The first-order chi connectivity index (χ1) is 13.1. The van der Waals surface area contributed by atoms with Gasteiger partial charge in [0, 0.05) is 34.9 Å². The molecule has 4 aliphatic carbocycles. The van der Waals surface area contributed by atoms with Gasteiger partial charge < -0.3 is 14.2 Å². The van der Waals surface area contributed by atoms with Crippen LogP contribution in [0.4, 0.5) is 0 Å². The van der Waals surface area contributed by atoms with Gasteiger partial charge in [0.15, 0.2) is 0 Å². The summed E-state index contributed by atoms with van der Waals surface area (Å²) in [5.41, 5.74) is 0. The van der Waals surface area contributed by atoms with Gasteiger partial charge in [-0.25, -0.2) is 0 Å². The molecule has 6 aliphatic rings. The minimum absolute atomic E-state index is 0.000787. The lowest BCUT2D eigenvalue weighted by Gasteiger charge is -2.35. The lowest BCUT2D eigenvalue weighted by atomic mass is 9.74. The van der Waals surface area contributed by atoms with Gasteiger partial charge >= 0.3 is 11.9 Å². The number of rotatable bonds is 4. The van der Waals surface area contributed by atoms with E-state index in [0.29, 0.717) is 55.3 Å². The number of thiol groups is 2. The highest BCUT2D eigenvalue weighted by atomic mass is 32.1. The summed E-state index contributed by atoms with van der Waals surface area (Å²) >= 11 is 9.73. The van der Waals surface area contributed by atoms with Crippen molar-refractivity contribution in [2.75, 3.05) is 19.8 Å². The SMILES string of the molecule is O=C1OCC2C3CC(C(S)C3CCOC3C(S)C4CC3C3C(=O)OCC43)C12. The van der Waals surface area contributed by atoms with Gasteiger partial charge in [0.25, 0.3) is 0 Å². The molecule has 4 bridgehead atoms. The van der Waals surface area contributed by atoms with Crippen LogP contribution in [0, 0.1) is 53.3 Å². The van der Waals surface area contributed by atoms with Crippen LogP contribution in [0.2, 0.25) is 0 Å². The van der Waals surface area contributed by atoms with Crippen molar-refractivity contribution in [1.29, 1.82) is 0 Å². The summed E-state index contributed by atoms with van der Waals surface area (Å²) < 4.78 is 17.0. The molecule has 4 saturated carbocycles. The molecule has 2 saturated heterocycles. The van der Waals surface area contributed by atoms with Gasteiger partial charge in [-0.05, 0) is 42.9 Å². The van der Waals surface area contributed by atoms with Crippen LogP contribution in [0.25, 0.3) is 0 Å².